The number of hydrogen-bond acceptors (Lipinski definition) is 4. The monoisotopic (exact) mass is 349 g/mol. The predicted octanol–water partition coefficient (Wildman–Crippen LogP) is 4.89. The number of hydrogen-bond donors (Lipinski definition) is 1. The van der Waals surface area contributed by atoms with E-state index in [1.54, 1.807) is 49.6 Å². The highest BCUT2D eigenvalue weighted by Crippen LogP contribution is 2.24. The number of benzene rings is 3. The number of methoxy groups -OCH3 is 1. The van der Waals surface area contributed by atoms with E-state index in [9.17, 15) is 4.79 Å². The third kappa shape index (κ3) is 4.77. The van der Waals surface area contributed by atoms with Crippen molar-refractivity contribution in [1.29, 1.82) is 0 Å². The van der Waals surface area contributed by atoms with Gasteiger partial charge in [-0.15, -0.1) is 0 Å². The van der Waals surface area contributed by atoms with Gasteiger partial charge in [0.05, 0.1) is 12.8 Å². The van der Waals surface area contributed by atoms with Crippen molar-refractivity contribution >= 4 is 11.8 Å². The largest absolute Gasteiger partial charge is 0.495 e. The number of rotatable bonds is 6. The number of carbonyl (C=O) groups is 1. The van der Waals surface area contributed by atoms with Crippen LogP contribution in [0.25, 0.3) is 0 Å². The summed E-state index contributed by atoms with van der Waals surface area (Å²) in [5.41, 5.74) is 1.63. The van der Waals surface area contributed by atoms with Gasteiger partial charge in [-0.1, -0.05) is 42.5 Å². The van der Waals surface area contributed by atoms with E-state index in [0.717, 1.165) is 5.56 Å². The van der Waals surface area contributed by atoms with Gasteiger partial charge in [0.1, 0.15) is 23.9 Å². The first-order valence-electron chi connectivity index (χ1n) is 8.13. The molecule has 1 N–H and O–H groups in total. The van der Waals surface area contributed by atoms with Gasteiger partial charge in [0, 0.05) is 0 Å². The zero-order valence-electron chi connectivity index (χ0n) is 14.3. The average Bonchev–Trinajstić information content (AvgIpc) is 2.68. The Morgan fingerprint density at radius 1 is 0.846 bits per heavy atom. The topological polar surface area (TPSA) is 56.8 Å². The summed E-state index contributed by atoms with van der Waals surface area (Å²) in [6.45, 7) is 0.481. The first-order chi connectivity index (χ1) is 12.7. The molecule has 132 valence electrons. The molecule has 0 aliphatic carbocycles. The van der Waals surface area contributed by atoms with Crippen LogP contribution in [0.1, 0.15) is 5.56 Å². The number of nitrogens with one attached hydrogen (secondary N) is 1. The normalized spacial score (nSPS) is 10.0. The maximum atomic E-state index is 12.0. The molecule has 0 atom stereocenters. The van der Waals surface area contributed by atoms with Crippen molar-refractivity contribution < 1.29 is 19.0 Å². The Labute approximate surface area is 152 Å². The molecular weight excluding hydrogens is 330 g/mol. The standard InChI is InChI=1S/C21H19NO4/c1-24-20-10-6-5-9-19(20)22-21(23)26-18-13-11-17(12-14-18)25-15-16-7-3-2-4-8-16/h2-14H,15H2,1H3,(H,22,23). The van der Waals surface area contributed by atoms with Crippen LogP contribution >= 0.6 is 0 Å². The highest BCUT2D eigenvalue weighted by atomic mass is 16.6. The molecule has 0 fully saturated rings. The fraction of sp³-hybridized carbons (Fsp3) is 0.0952. The Balaban J connectivity index is 1.54. The quantitative estimate of drug-likeness (QED) is 0.689. The van der Waals surface area contributed by atoms with Crippen molar-refractivity contribution in [1.82, 2.24) is 0 Å². The van der Waals surface area contributed by atoms with Crippen LogP contribution in [-0.2, 0) is 6.61 Å². The molecule has 3 aromatic rings. The molecule has 0 aromatic heterocycles. The van der Waals surface area contributed by atoms with Crippen LogP contribution in [-0.4, -0.2) is 13.2 Å². The van der Waals surface area contributed by atoms with Gasteiger partial charge in [-0.3, -0.25) is 5.32 Å². The molecule has 0 aliphatic rings. The molecule has 0 bridgehead atoms. The molecule has 3 aromatic carbocycles. The molecule has 0 radical (unpaired) electrons. The van der Waals surface area contributed by atoms with Crippen molar-refractivity contribution in [3.8, 4) is 17.2 Å². The van der Waals surface area contributed by atoms with Crippen LogP contribution in [0.2, 0.25) is 0 Å². The second-order valence-corrected chi connectivity index (χ2v) is 5.46. The number of anilines is 1. The van der Waals surface area contributed by atoms with Crippen LogP contribution < -0.4 is 19.5 Å². The summed E-state index contributed by atoms with van der Waals surface area (Å²) < 4.78 is 16.2. The SMILES string of the molecule is COc1ccccc1NC(=O)Oc1ccc(OCc2ccccc2)cc1. The molecule has 0 heterocycles. The molecule has 5 nitrogen and oxygen atoms in total. The zero-order chi connectivity index (χ0) is 18.2. The second kappa shape index (κ2) is 8.58. The van der Waals surface area contributed by atoms with Crippen molar-refractivity contribution in [2.75, 3.05) is 12.4 Å². The molecule has 0 spiro atoms. The molecule has 0 saturated carbocycles. The minimum absolute atomic E-state index is 0.421. The molecule has 0 aliphatic heterocycles. The summed E-state index contributed by atoms with van der Waals surface area (Å²) in [4.78, 5) is 12.0. The molecule has 0 unspecified atom stereocenters. The summed E-state index contributed by atoms with van der Waals surface area (Å²) in [7, 11) is 1.54. The predicted molar refractivity (Wildman–Crippen MR) is 99.9 cm³/mol. The number of ether oxygens (including phenoxy) is 3. The minimum Gasteiger partial charge on any atom is -0.495 e. The van der Waals surface area contributed by atoms with Gasteiger partial charge in [0.2, 0.25) is 0 Å². The van der Waals surface area contributed by atoms with Crippen LogP contribution in [0, 0.1) is 0 Å². The van der Waals surface area contributed by atoms with Gasteiger partial charge in [-0.25, -0.2) is 4.79 Å². The number of carbonyl (C=O) groups excluding carboxylic acids is 1. The van der Waals surface area contributed by atoms with E-state index in [0.29, 0.717) is 29.5 Å². The summed E-state index contributed by atoms with van der Waals surface area (Å²) in [6.07, 6.45) is -0.590. The smallest absolute Gasteiger partial charge is 0.417 e. The third-order valence-electron chi connectivity index (χ3n) is 3.63. The van der Waals surface area contributed by atoms with Gasteiger partial charge < -0.3 is 14.2 Å². The maximum Gasteiger partial charge on any atom is 0.417 e. The summed E-state index contributed by atoms with van der Waals surface area (Å²) in [6, 6.07) is 23.9. The van der Waals surface area contributed by atoms with Gasteiger partial charge in [-0.2, -0.15) is 0 Å². The van der Waals surface area contributed by atoms with Crippen LogP contribution in [0.5, 0.6) is 17.2 Å². The fourth-order valence-electron chi connectivity index (χ4n) is 2.34. The van der Waals surface area contributed by atoms with E-state index in [1.165, 1.54) is 0 Å². The van der Waals surface area contributed by atoms with E-state index in [-0.39, 0.29) is 0 Å². The van der Waals surface area contributed by atoms with E-state index < -0.39 is 6.09 Å². The Morgan fingerprint density at radius 2 is 1.50 bits per heavy atom. The zero-order valence-corrected chi connectivity index (χ0v) is 14.3. The van der Waals surface area contributed by atoms with E-state index >= 15 is 0 Å². The molecule has 3 rings (SSSR count). The Bertz CT molecular complexity index is 847. The third-order valence-corrected chi connectivity index (χ3v) is 3.63. The first kappa shape index (κ1) is 17.4. The second-order valence-electron chi connectivity index (χ2n) is 5.46. The molecule has 0 saturated heterocycles. The Hall–Kier alpha value is -3.47. The molecule has 5 heteroatoms. The van der Waals surface area contributed by atoms with E-state index in [2.05, 4.69) is 5.32 Å². The lowest BCUT2D eigenvalue weighted by molar-refractivity contribution is 0.215. The van der Waals surface area contributed by atoms with Crippen molar-refractivity contribution in [3.63, 3.8) is 0 Å². The van der Waals surface area contributed by atoms with Gasteiger partial charge in [-0.05, 0) is 42.0 Å². The van der Waals surface area contributed by atoms with Crippen molar-refractivity contribution in [3.05, 3.63) is 84.4 Å². The van der Waals surface area contributed by atoms with Gasteiger partial charge >= 0.3 is 6.09 Å². The Kier molecular flexibility index (Phi) is 5.72. The first-order valence-corrected chi connectivity index (χ1v) is 8.13. The summed E-state index contributed by atoms with van der Waals surface area (Å²) in [5.74, 6) is 1.69. The van der Waals surface area contributed by atoms with Crippen LogP contribution in [0.15, 0.2) is 78.9 Å². The molecular formula is C21H19NO4. The lowest BCUT2D eigenvalue weighted by Crippen LogP contribution is -2.17. The van der Waals surface area contributed by atoms with Gasteiger partial charge in [0.15, 0.2) is 0 Å². The number of amides is 1. The molecule has 1 amide bonds. The van der Waals surface area contributed by atoms with Crippen molar-refractivity contribution in [2.45, 2.75) is 6.61 Å². The molecule has 26 heavy (non-hydrogen) atoms. The number of para-hydroxylation sites is 2. The lowest BCUT2D eigenvalue weighted by Gasteiger charge is -2.10. The van der Waals surface area contributed by atoms with Crippen LogP contribution in [0.3, 0.4) is 0 Å². The average molecular weight is 349 g/mol. The van der Waals surface area contributed by atoms with E-state index in [4.69, 9.17) is 14.2 Å². The highest BCUT2D eigenvalue weighted by molar-refractivity contribution is 5.88. The highest BCUT2D eigenvalue weighted by Gasteiger charge is 2.09. The Morgan fingerprint density at radius 3 is 2.23 bits per heavy atom. The van der Waals surface area contributed by atoms with Crippen LogP contribution in [0.4, 0.5) is 10.5 Å². The van der Waals surface area contributed by atoms with Crippen molar-refractivity contribution in [2.24, 2.45) is 0 Å². The van der Waals surface area contributed by atoms with Gasteiger partial charge in [0.25, 0.3) is 0 Å². The fourth-order valence-corrected chi connectivity index (χ4v) is 2.34. The lowest BCUT2D eigenvalue weighted by atomic mass is 10.2. The van der Waals surface area contributed by atoms with E-state index in [1.807, 2.05) is 36.4 Å². The maximum absolute atomic E-state index is 12.0. The summed E-state index contributed by atoms with van der Waals surface area (Å²) >= 11 is 0. The minimum atomic E-state index is -0.590. The summed E-state index contributed by atoms with van der Waals surface area (Å²) in [5, 5.41) is 2.65.